The number of aliphatic hydroxyl groups is 1. The van der Waals surface area contributed by atoms with E-state index in [1.54, 1.807) is 0 Å². The van der Waals surface area contributed by atoms with Gasteiger partial charge in [-0.3, -0.25) is 9.59 Å². The lowest BCUT2D eigenvalue weighted by Crippen LogP contribution is -2.28. The first-order valence-corrected chi connectivity index (χ1v) is 37.5. The van der Waals surface area contributed by atoms with Crippen LogP contribution in [-0.2, 0) is 19.1 Å². The van der Waals surface area contributed by atoms with E-state index in [4.69, 9.17) is 9.47 Å². The molecule has 0 aromatic rings. The number of rotatable bonds is 70. The van der Waals surface area contributed by atoms with E-state index in [2.05, 4.69) is 86.8 Å². The summed E-state index contributed by atoms with van der Waals surface area (Å²) in [4.78, 5) is 24.7. The van der Waals surface area contributed by atoms with Gasteiger partial charge in [0.15, 0.2) is 6.10 Å². The average molecular weight is 1170 g/mol. The fourth-order valence-electron chi connectivity index (χ4n) is 11.3. The lowest BCUT2D eigenvalue weighted by atomic mass is 10.0. The Morgan fingerprint density at radius 2 is 0.476 bits per heavy atom. The number of carbonyl (C=O) groups excluding carboxylic acids is 2. The maximum absolute atomic E-state index is 12.4. The van der Waals surface area contributed by atoms with E-state index in [1.807, 2.05) is 0 Å². The second kappa shape index (κ2) is 74.6. The number of aliphatic hydroxyl groups excluding tert-OH is 1. The predicted molar refractivity (Wildman–Crippen MR) is 371 cm³/mol. The van der Waals surface area contributed by atoms with Gasteiger partial charge in [-0.15, -0.1) is 0 Å². The molecule has 0 aromatic carbocycles. The van der Waals surface area contributed by atoms with E-state index >= 15 is 0 Å². The summed E-state index contributed by atoms with van der Waals surface area (Å²) in [6.45, 7) is 4.17. The quantitative estimate of drug-likeness (QED) is 0.0373. The number of carbonyl (C=O) groups is 2. The van der Waals surface area contributed by atoms with Crippen LogP contribution in [0.15, 0.2) is 72.9 Å². The van der Waals surface area contributed by atoms with Gasteiger partial charge in [0.25, 0.3) is 0 Å². The van der Waals surface area contributed by atoms with Gasteiger partial charge in [0, 0.05) is 12.8 Å². The molecule has 0 spiro atoms. The van der Waals surface area contributed by atoms with Gasteiger partial charge in [-0.05, 0) is 89.9 Å². The third kappa shape index (κ3) is 71.8. The molecule has 0 amide bonds. The number of hydrogen-bond acceptors (Lipinski definition) is 5. The Morgan fingerprint density at radius 3 is 0.714 bits per heavy atom. The summed E-state index contributed by atoms with van der Waals surface area (Å²) in [7, 11) is 0. The first-order chi connectivity index (χ1) is 41.6. The molecule has 490 valence electrons. The van der Waals surface area contributed by atoms with Crippen LogP contribution in [0.2, 0.25) is 0 Å². The molecule has 0 saturated carbocycles. The molecule has 0 aromatic heterocycles. The van der Waals surface area contributed by atoms with E-state index < -0.39 is 6.10 Å². The number of esters is 2. The van der Waals surface area contributed by atoms with Crippen LogP contribution in [-0.4, -0.2) is 36.4 Å². The van der Waals surface area contributed by atoms with Crippen LogP contribution in [0.25, 0.3) is 0 Å². The fraction of sp³-hybridized carbons (Fsp3) is 0.823. The van der Waals surface area contributed by atoms with Gasteiger partial charge in [0.2, 0.25) is 0 Å². The number of allylic oxidation sites excluding steroid dienone is 12. The SMILES string of the molecule is CCCCCCC/C=C\C/C=C\C/C=C\CCCCCCCCCCCCCCCCCCCCCCCCCCCCC(=O)OC(CO)COC(=O)CCCCCCCCCCCCCCCC/C=C\C/C=C\C/C=C\CCCCCCC. The fourth-order valence-corrected chi connectivity index (χ4v) is 11.3. The molecule has 5 nitrogen and oxygen atoms in total. The third-order valence-electron chi connectivity index (χ3n) is 17.0. The van der Waals surface area contributed by atoms with E-state index in [0.717, 1.165) is 64.2 Å². The summed E-state index contributed by atoms with van der Waals surface area (Å²) < 4.78 is 10.8. The molecule has 0 rings (SSSR count). The number of ether oxygens (including phenoxy) is 2. The summed E-state index contributed by atoms with van der Waals surface area (Å²) in [5.74, 6) is -0.572. The Bertz CT molecular complexity index is 1470. The maximum atomic E-state index is 12.4. The van der Waals surface area contributed by atoms with Crippen molar-refractivity contribution in [1.82, 2.24) is 0 Å². The molecule has 0 aliphatic rings. The van der Waals surface area contributed by atoms with E-state index in [0.29, 0.717) is 12.8 Å². The average Bonchev–Trinajstić information content (AvgIpc) is 3.51. The normalized spacial score (nSPS) is 12.6. The minimum Gasteiger partial charge on any atom is -0.462 e. The van der Waals surface area contributed by atoms with Crippen molar-refractivity contribution in [1.29, 1.82) is 0 Å². The monoisotopic (exact) mass is 1170 g/mol. The Balaban J connectivity index is 3.40. The van der Waals surface area contributed by atoms with Crippen LogP contribution >= 0.6 is 0 Å². The Hall–Kier alpha value is -2.66. The Kier molecular flexibility index (Phi) is 72.2. The van der Waals surface area contributed by atoms with Crippen LogP contribution in [0.1, 0.15) is 399 Å². The summed E-state index contributed by atoms with van der Waals surface area (Å²) in [5.41, 5.74) is 0. The van der Waals surface area contributed by atoms with E-state index in [-0.39, 0.29) is 25.2 Å². The summed E-state index contributed by atoms with van der Waals surface area (Å²) >= 11 is 0. The molecule has 0 bridgehead atoms. The molecular weight excluding hydrogens is 1030 g/mol. The van der Waals surface area contributed by atoms with Crippen molar-refractivity contribution in [2.75, 3.05) is 13.2 Å². The van der Waals surface area contributed by atoms with Crippen LogP contribution in [0.3, 0.4) is 0 Å². The van der Waals surface area contributed by atoms with Crippen molar-refractivity contribution in [3.63, 3.8) is 0 Å². The van der Waals surface area contributed by atoms with E-state index in [1.165, 1.54) is 308 Å². The lowest BCUT2D eigenvalue weighted by molar-refractivity contribution is -0.161. The molecular formula is C79H144O5. The summed E-state index contributed by atoms with van der Waals surface area (Å²) in [5, 5.41) is 9.71. The molecule has 0 radical (unpaired) electrons. The van der Waals surface area contributed by atoms with Crippen molar-refractivity contribution >= 4 is 11.9 Å². The van der Waals surface area contributed by atoms with Gasteiger partial charge in [0.05, 0.1) is 6.61 Å². The van der Waals surface area contributed by atoms with Gasteiger partial charge in [-0.25, -0.2) is 0 Å². The molecule has 1 N–H and O–H groups in total. The highest BCUT2D eigenvalue weighted by molar-refractivity contribution is 5.70. The minimum atomic E-state index is -0.774. The van der Waals surface area contributed by atoms with Crippen molar-refractivity contribution in [3.8, 4) is 0 Å². The topological polar surface area (TPSA) is 72.8 Å². The standard InChI is InChI=1S/C79H144O5/c1-3-5-7-9-11-13-15-17-19-21-23-25-27-29-31-33-34-35-36-37-38-39-40-41-42-43-44-46-48-50-52-54-56-58-60-62-64-66-68-70-72-74-79(82)84-77(75-80)76-83-78(81)73-71-69-67-65-63-61-59-57-55-53-51-49-47-45-32-30-28-26-24-22-20-18-16-14-12-10-8-6-4-2/h15-18,21-24,27-30,77,80H,3-14,19-20,25-26,31-76H2,1-2H3/b17-15-,18-16-,23-21-,24-22-,29-27-,30-28-. The molecule has 0 aliphatic carbocycles. The maximum Gasteiger partial charge on any atom is 0.306 e. The third-order valence-corrected chi connectivity index (χ3v) is 17.0. The van der Waals surface area contributed by atoms with E-state index in [9.17, 15) is 14.7 Å². The molecule has 0 aliphatic heterocycles. The molecule has 0 heterocycles. The molecule has 5 heteroatoms. The van der Waals surface area contributed by atoms with Crippen molar-refractivity contribution < 1.29 is 24.2 Å². The molecule has 0 fully saturated rings. The Labute approximate surface area is 524 Å². The highest BCUT2D eigenvalue weighted by Crippen LogP contribution is 2.19. The summed E-state index contributed by atoms with van der Waals surface area (Å²) in [6.07, 6.45) is 104. The zero-order chi connectivity index (χ0) is 60.5. The van der Waals surface area contributed by atoms with Crippen molar-refractivity contribution in [3.05, 3.63) is 72.9 Å². The molecule has 1 atom stereocenters. The largest absolute Gasteiger partial charge is 0.462 e. The van der Waals surface area contributed by atoms with Crippen molar-refractivity contribution in [2.45, 2.75) is 405 Å². The van der Waals surface area contributed by atoms with Gasteiger partial charge in [-0.2, -0.15) is 0 Å². The molecule has 0 saturated heterocycles. The van der Waals surface area contributed by atoms with Crippen LogP contribution in [0.4, 0.5) is 0 Å². The highest BCUT2D eigenvalue weighted by Gasteiger charge is 2.16. The minimum absolute atomic E-state index is 0.0631. The second-order valence-corrected chi connectivity index (χ2v) is 25.4. The van der Waals surface area contributed by atoms with Crippen molar-refractivity contribution in [2.24, 2.45) is 0 Å². The smallest absolute Gasteiger partial charge is 0.306 e. The van der Waals surface area contributed by atoms with Crippen LogP contribution in [0.5, 0.6) is 0 Å². The Morgan fingerprint density at radius 1 is 0.274 bits per heavy atom. The van der Waals surface area contributed by atoms with Gasteiger partial charge in [0.1, 0.15) is 6.61 Å². The van der Waals surface area contributed by atoms with Gasteiger partial charge >= 0.3 is 11.9 Å². The molecule has 84 heavy (non-hydrogen) atoms. The first kappa shape index (κ1) is 81.3. The number of hydrogen-bond donors (Lipinski definition) is 1. The first-order valence-electron chi connectivity index (χ1n) is 37.5. The summed E-state index contributed by atoms with van der Waals surface area (Å²) in [6, 6.07) is 0. The zero-order valence-electron chi connectivity index (χ0n) is 56.4. The molecule has 1 unspecified atom stereocenters. The predicted octanol–water partition coefficient (Wildman–Crippen LogP) is 26.2. The highest BCUT2D eigenvalue weighted by atomic mass is 16.6. The zero-order valence-corrected chi connectivity index (χ0v) is 56.4. The van der Waals surface area contributed by atoms with Crippen LogP contribution < -0.4 is 0 Å². The van der Waals surface area contributed by atoms with Crippen LogP contribution in [0, 0.1) is 0 Å². The second-order valence-electron chi connectivity index (χ2n) is 25.4. The van der Waals surface area contributed by atoms with Gasteiger partial charge < -0.3 is 14.6 Å². The number of unbranched alkanes of at least 4 members (excludes halogenated alkanes) is 50. The lowest BCUT2D eigenvalue weighted by Gasteiger charge is -2.15. The van der Waals surface area contributed by atoms with Gasteiger partial charge in [-0.1, -0.05) is 369 Å².